The van der Waals surface area contributed by atoms with E-state index in [2.05, 4.69) is 27.4 Å². The normalized spacial score (nSPS) is 24.6. The molecule has 1 unspecified atom stereocenters. The molecule has 2 saturated heterocycles. The molecule has 2 N–H and O–H groups in total. The van der Waals surface area contributed by atoms with Crippen LogP contribution in [0.25, 0.3) is 0 Å². The van der Waals surface area contributed by atoms with Gasteiger partial charge < -0.3 is 20.3 Å². The summed E-state index contributed by atoms with van der Waals surface area (Å²) < 4.78 is 6.04. The van der Waals surface area contributed by atoms with Crippen LogP contribution in [0.5, 0.6) is 5.88 Å². The lowest BCUT2D eigenvalue weighted by Crippen LogP contribution is -2.51. The maximum absolute atomic E-state index is 11.8. The predicted molar refractivity (Wildman–Crippen MR) is 128 cm³/mol. The highest BCUT2D eigenvalue weighted by atomic mass is 127. The quantitative estimate of drug-likeness (QED) is 0.350. The maximum atomic E-state index is 11.8. The van der Waals surface area contributed by atoms with Gasteiger partial charge in [-0.2, -0.15) is 0 Å². The van der Waals surface area contributed by atoms with Crippen LogP contribution in [0.1, 0.15) is 57.4 Å². The zero-order valence-corrected chi connectivity index (χ0v) is 20.2. The predicted octanol–water partition coefficient (Wildman–Crippen LogP) is 3.09. The first-order valence-electron chi connectivity index (χ1n) is 11.1. The fourth-order valence-electron chi connectivity index (χ4n) is 4.81. The molecule has 166 valence electrons. The van der Waals surface area contributed by atoms with Crippen molar-refractivity contribution in [1.29, 1.82) is 0 Å². The lowest BCUT2D eigenvalue weighted by molar-refractivity contribution is -0.119. The molecule has 0 aromatic carbocycles. The Labute approximate surface area is 196 Å². The summed E-state index contributed by atoms with van der Waals surface area (Å²) in [5.74, 6) is 1.82. The van der Waals surface area contributed by atoms with Gasteiger partial charge in [0.05, 0.1) is 6.54 Å². The summed E-state index contributed by atoms with van der Waals surface area (Å²) >= 11 is 0. The second kappa shape index (κ2) is 10.6. The summed E-state index contributed by atoms with van der Waals surface area (Å²) in [6.07, 6.45) is 9.71. The number of likely N-dealkylation sites (tertiary alicyclic amines) is 1. The van der Waals surface area contributed by atoms with E-state index in [9.17, 15) is 4.79 Å². The summed E-state index contributed by atoms with van der Waals surface area (Å²) in [5.41, 5.74) is 1.16. The van der Waals surface area contributed by atoms with Crippen LogP contribution in [-0.4, -0.2) is 54.0 Å². The Morgan fingerprint density at radius 3 is 2.97 bits per heavy atom. The lowest BCUT2D eigenvalue weighted by atomic mass is 9.79. The van der Waals surface area contributed by atoms with Crippen LogP contribution < -0.4 is 15.4 Å². The van der Waals surface area contributed by atoms with E-state index in [1.54, 1.807) is 0 Å². The standard InChI is InChI=1S/C22H33N5O2.HI/c1-2-23-21(27-11-5-9-22(16-27)13-19(28)26-15-22)25-14-17-8-10-24-20(12-17)29-18-6-3-4-7-18;/h8,10,12,18H,2-7,9,11,13-16H2,1H3,(H,23,25)(H,26,28);1H. The second-order valence-corrected chi connectivity index (χ2v) is 8.68. The van der Waals surface area contributed by atoms with E-state index in [-0.39, 0.29) is 35.3 Å². The van der Waals surface area contributed by atoms with Crippen LogP contribution in [-0.2, 0) is 11.3 Å². The number of ether oxygens (including phenoxy) is 1. The molecular formula is C22H34IN5O2. The zero-order chi connectivity index (χ0) is 20.1. The molecule has 30 heavy (non-hydrogen) atoms. The Bertz CT molecular complexity index is 753. The van der Waals surface area contributed by atoms with Crippen LogP contribution in [0.4, 0.5) is 0 Å². The van der Waals surface area contributed by atoms with E-state index in [0.717, 1.165) is 63.4 Å². The van der Waals surface area contributed by atoms with E-state index in [1.165, 1.54) is 12.8 Å². The van der Waals surface area contributed by atoms with Crippen LogP contribution in [0.3, 0.4) is 0 Å². The van der Waals surface area contributed by atoms with Crippen LogP contribution in [0.15, 0.2) is 23.3 Å². The SMILES string of the molecule is CCNC(=NCc1ccnc(OC2CCCC2)c1)N1CCCC2(CNC(=O)C2)C1.I. The third-order valence-corrected chi connectivity index (χ3v) is 6.29. The number of nitrogens with one attached hydrogen (secondary N) is 2. The minimum Gasteiger partial charge on any atom is -0.474 e. The average Bonchev–Trinajstić information content (AvgIpc) is 3.35. The van der Waals surface area contributed by atoms with Gasteiger partial charge in [-0.25, -0.2) is 9.98 Å². The maximum Gasteiger partial charge on any atom is 0.220 e. The van der Waals surface area contributed by atoms with Gasteiger partial charge in [0.15, 0.2) is 5.96 Å². The number of piperidine rings is 1. The molecule has 1 amide bonds. The number of halogens is 1. The number of pyridine rings is 1. The topological polar surface area (TPSA) is 78.9 Å². The molecule has 1 aromatic heterocycles. The molecule has 3 aliphatic rings. The molecule has 1 saturated carbocycles. The summed E-state index contributed by atoms with van der Waals surface area (Å²) in [4.78, 5) is 23.4. The lowest BCUT2D eigenvalue weighted by Gasteiger charge is -2.40. The first-order valence-corrected chi connectivity index (χ1v) is 11.1. The van der Waals surface area contributed by atoms with E-state index >= 15 is 0 Å². The summed E-state index contributed by atoms with van der Waals surface area (Å²) in [5, 5.41) is 6.46. The molecule has 3 heterocycles. The minimum atomic E-state index is 0. The van der Waals surface area contributed by atoms with Crippen molar-refractivity contribution in [2.24, 2.45) is 10.4 Å². The van der Waals surface area contributed by atoms with E-state index in [4.69, 9.17) is 9.73 Å². The van der Waals surface area contributed by atoms with Gasteiger partial charge in [-0.3, -0.25) is 4.79 Å². The monoisotopic (exact) mass is 527 g/mol. The van der Waals surface area contributed by atoms with E-state index < -0.39 is 0 Å². The van der Waals surface area contributed by atoms with Gasteiger partial charge in [0.25, 0.3) is 0 Å². The number of aliphatic imine (C=N–C) groups is 1. The molecule has 1 atom stereocenters. The molecule has 1 aliphatic carbocycles. The van der Waals surface area contributed by atoms with Crippen molar-refractivity contribution >= 4 is 35.8 Å². The number of hydrogen-bond donors (Lipinski definition) is 2. The molecular weight excluding hydrogens is 493 g/mol. The largest absolute Gasteiger partial charge is 0.474 e. The molecule has 2 aliphatic heterocycles. The zero-order valence-electron chi connectivity index (χ0n) is 17.9. The van der Waals surface area contributed by atoms with Crippen molar-refractivity contribution in [2.75, 3.05) is 26.2 Å². The van der Waals surface area contributed by atoms with Crippen molar-refractivity contribution in [3.63, 3.8) is 0 Å². The van der Waals surface area contributed by atoms with Gasteiger partial charge in [-0.15, -0.1) is 24.0 Å². The Morgan fingerprint density at radius 2 is 2.23 bits per heavy atom. The molecule has 0 bridgehead atoms. The van der Waals surface area contributed by atoms with Crippen LogP contribution in [0, 0.1) is 5.41 Å². The van der Waals surface area contributed by atoms with Crippen LogP contribution >= 0.6 is 24.0 Å². The fraction of sp³-hybridized carbons (Fsp3) is 0.682. The number of carbonyl (C=O) groups is 1. The number of carbonyl (C=O) groups excluding carboxylic acids is 1. The highest BCUT2D eigenvalue weighted by molar-refractivity contribution is 14.0. The number of amides is 1. The number of hydrogen-bond acceptors (Lipinski definition) is 4. The Hall–Kier alpha value is -1.58. The first kappa shape index (κ1) is 23.1. The fourth-order valence-corrected chi connectivity index (χ4v) is 4.81. The van der Waals surface area contributed by atoms with E-state index in [1.807, 2.05) is 18.3 Å². The van der Waals surface area contributed by atoms with Gasteiger partial charge >= 0.3 is 0 Å². The Balaban J connectivity index is 0.00000256. The molecule has 3 fully saturated rings. The molecule has 4 rings (SSSR count). The molecule has 8 heteroatoms. The highest BCUT2D eigenvalue weighted by Crippen LogP contribution is 2.36. The Kier molecular flexibility index (Phi) is 8.19. The van der Waals surface area contributed by atoms with Crippen molar-refractivity contribution in [1.82, 2.24) is 20.5 Å². The van der Waals surface area contributed by atoms with Gasteiger partial charge in [0.1, 0.15) is 6.10 Å². The minimum absolute atomic E-state index is 0. The van der Waals surface area contributed by atoms with Crippen molar-refractivity contribution in [3.8, 4) is 5.88 Å². The number of guanidine groups is 1. The van der Waals surface area contributed by atoms with Gasteiger partial charge in [-0.05, 0) is 57.1 Å². The van der Waals surface area contributed by atoms with Gasteiger partial charge in [0.2, 0.25) is 11.8 Å². The summed E-state index contributed by atoms with van der Waals surface area (Å²) in [6.45, 7) is 6.15. The molecule has 1 spiro atoms. The first-order chi connectivity index (χ1) is 14.2. The number of aromatic nitrogens is 1. The van der Waals surface area contributed by atoms with Gasteiger partial charge in [-0.1, -0.05) is 0 Å². The second-order valence-electron chi connectivity index (χ2n) is 8.68. The van der Waals surface area contributed by atoms with Gasteiger partial charge in [0, 0.05) is 50.3 Å². The molecule has 7 nitrogen and oxygen atoms in total. The highest BCUT2D eigenvalue weighted by Gasteiger charge is 2.42. The van der Waals surface area contributed by atoms with Crippen molar-refractivity contribution in [2.45, 2.75) is 64.5 Å². The smallest absolute Gasteiger partial charge is 0.220 e. The van der Waals surface area contributed by atoms with Crippen LogP contribution in [0.2, 0.25) is 0 Å². The number of rotatable bonds is 5. The third-order valence-electron chi connectivity index (χ3n) is 6.29. The summed E-state index contributed by atoms with van der Waals surface area (Å²) in [6, 6.07) is 4.02. The van der Waals surface area contributed by atoms with E-state index in [0.29, 0.717) is 24.9 Å². The Morgan fingerprint density at radius 1 is 1.40 bits per heavy atom. The van der Waals surface area contributed by atoms with Crippen molar-refractivity contribution < 1.29 is 9.53 Å². The number of nitrogens with zero attached hydrogens (tertiary/aromatic N) is 3. The molecule has 0 radical (unpaired) electrons. The average molecular weight is 527 g/mol. The van der Waals surface area contributed by atoms with Crippen molar-refractivity contribution in [3.05, 3.63) is 23.9 Å². The summed E-state index contributed by atoms with van der Waals surface area (Å²) in [7, 11) is 0. The molecule has 1 aromatic rings. The third kappa shape index (κ3) is 5.76.